The summed E-state index contributed by atoms with van der Waals surface area (Å²) in [5, 5.41) is 0.715. The van der Waals surface area contributed by atoms with Crippen molar-refractivity contribution < 1.29 is 18.7 Å². The van der Waals surface area contributed by atoms with Gasteiger partial charge in [0.15, 0.2) is 5.75 Å². The number of hydrogen-bond donors (Lipinski definition) is 0. The average Bonchev–Trinajstić information content (AvgIpc) is 2.54. The number of fused-ring (bicyclic) bond motifs is 1. The number of benzene rings is 2. The number of carbonyl (C=O) groups excluding carboxylic acids is 1. The molecule has 1 heterocycles. The van der Waals surface area contributed by atoms with Crippen LogP contribution in [0.2, 0.25) is 10.0 Å². The van der Waals surface area contributed by atoms with Crippen LogP contribution in [0.15, 0.2) is 39.5 Å². The summed E-state index contributed by atoms with van der Waals surface area (Å²) < 4.78 is 15.3. The first-order valence-corrected chi connectivity index (χ1v) is 7.81. The molecule has 0 radical (unpaired) electrons. The van der Waals surface area contributed by atoms with Crippen LogP contribution >= 0.6 is 23.2 Å². The molecule has 0 bridgehead atoms. The zero-order valence-electron chi connectivity index (χ0n) is 13.1. The number of carbonyl (C=O) groups is 1. The summed E-state index contributed by atoms with van der Waals surface area (Å²) in [6.45, 7) is 1.27. The lowest BCUT2D eigenvalue weighted by molar-refractivity contribution is -0.131. The van der Waals surface area contributed by atoms with Crippen LogP contribution in [0.1, 0.15) is 6.92 Å². The molecule has 8 heteroatoms. The van der Waals surface area contributed by atoms with Gasteiger partial charge in [0, 0.05) is 12.5 Å². The van der Waals surface area contributed by atoms with Crippen LogP contribution in [0, 0.1) is 0 Å². The fourth-order valence-corrected chi connectivity index (χ4v) is 2.92. The van der Waals surface area contributed by atoms with E-state index in [9.17, 15) is 9.59 Å². The molecule has 0 aliphatic carbocycles. The Morgan fingerprint density at radius 3 is 2.44 bits per heavy atom. The molecule has 3 aromatic rings. The van der Waals surface area contributed by atoms with E-state index in [2.05, 4.69) is 4.98 Å². The maximum absolute atomic E-state index is 12.3. The van der Waals surface area contributed by atoms with Gasteiger partial charge in [0.05, 0.1) is 28.1 Å². The van der Waals surface area contributed by atoms with Crippen molar-refractivity contribution in [2.45, 2.75) is 6.92 Å². The van der Waals surface area contributed by atoms with E-state index in [0.29, 0.717) is 16.8 Å². The molecular weight excluding hydrogens is 369 g/mol. The van der Waals surface area contributed by atoms with Gasteiger partial charge in [0.1, 0.15) is 5.75 Å². The Bertz CT molecular complexity index is 1020. The molecule has 2 aromatic carbocycles. The third kappa shape index (κ3) is 3.45. The second-order valence-electron chi connectivity index (χ2n) is 5.05. The molecule has 0 amide bonds. The number of aromatic nitrogens is 1. The number of hydrogen-bond acceptors (Lipinski definition) is 6. The highest BCUT2D eigenvalue weighted by molar-refractivity contribution is 6.37. The summed E-state index contributed by atoms with van der Waals surface area (Å²) in [4.78, 5) is 27.6. The highest BCUT2D eigenvalue weighted by Crippen LogP contribution is 2.36. The minimum Gasteiger partial charge on any atom is -0.494 e. The largest absolute Gasteiger partial charge is 0.494 e. The maximum atomic E-state index is 12.3. The number of rotatable bonds is 3. The fourth-order valence-electron chi connectivity index (χ4n) is 2.28. The topological polar surface area (TPSA) is 78.6 Å². The summed E-state index contributed by atoms with van der Waals surface area (Å²) in [6, 6.07) is 7.56. The minimum atomic E-state index is -0.628. The summed E-state index contributed by atoms with van der Waals surface area (Å²) in [7, 11) is 1.45. The second-order valence-corrected chi connectivity index (χ2v) is 5.87. The Balaban J connectivity index is 2.13. The fraction of sp³-hybridized carbons (Fsp3) is 0.118. The molecule has 0 atom stereocenters. The van der Waals surface area contributed by atoms with Crippen LogP contribution in [0.3, 0.4) is 0 Å². The summed E-state index contributed by atoms with van der Waals surface area (Å²) >= 11 is 12.2. The molecule has 0 N–H and O–H groups in total. The molecule has 6 nitrogen and oxygen atoms in total. The van der Waals surface area contributed by atoms with Crippen molar-refractivity contribution in [3.05, 3.63) is 50.8 Å². The number of halogens is 2. The normalized spacial score (nSPS) is 10.7. The molecule has 1 aromatic heterocycles. The molecule has 0 fully saturated rings. The van der Waals surface area contributed by atoms with Crippen molar-refractivity contribution in [2.24, 2.45) is 0 Å². The number of nitrogens with zero attached hydrogens (tertiary/aromatic N) is 1. The SMILES string of the molecule is COc1c(Cl)cc(-c2nc3ccc(OC(C)=O)cc3c(=O)o2)cc1Cl. The summed E-state index contributed by atoms with van der Waals surface area (Å²) in [5.41, 5.74) is 0.182. The number of esters is 1. The molecular formula is C17H11Cl2NO5. The predicted molar refractivity (Wildman–Crippen MR) is 93.6 cm³/mol. The molecule has 0 saturated carbocycles. The standard InChI is InChI=1S/C17H11Cl2NO5/c1-8(21)24-10-3-4-14-11(7-10)17(22)25-16(20-14)9-5-12(18)15(23-2)13(19)6-9/h3-7H,1-2H3. The van der Waals surface area contributed by atoms with Crippen molar-refractivity contribution in [2.75, 3.05) is 7.11 Å². The van der Waals surface area contributed by atoms with Crippen molar-refractivity contribution >= 4 is 40.1 Å². The van der Waals surface area contributed by atoms with Crippen LogP contribution in [0.5, 0.6) is 11.5 Å². The van der Waals surface area contributed by atoms with E-state index in [1.807, 2.05) is 0 Å². The molecule has 0 aliphatic heterocycles. The van der Waals surface area contributed by atoms with Crippen LogP contribution in [-0.4, -0.2) is 18.1 Å². The Labute approximate surface area is 151 Å². The lowest BCUT2D eigenvalue weighted by Gasteiger charge is -2.08. The van der Waals surface area contributed by atoms with Crippen molar-refractivity contribution in [3.8, 4) is 23.0 Å². The van der Waals surface area contributed by atoms with Crippen LogP contribution in [0.4, 0.5) is 0 Å². The van der Waals surface area contributed by atoms with E-state index in [-0.39, 0.29) is 27.1 Å². The smallest absolute Gasteiger partial charge is 0.347 e. The van der Waals surface area contributed by atoms with Crippen molar-refractivity contribution in [1.29, 1.82) is 0 Å². The lowest BCUT2D eigenvalue weighted by atomic mass is 10.2. The first kappa shape index (κ1) is 17.3. The monoisotopic (exact) mass is 379 g/mol. The first-order valence-electron chi connectivity index (χ1n) is 7.06. The Kier molecular flexibility index (Phi) is 4.65. The van der Waals surface area contributed by atoms with E-state index in [1.54, 1.807) is 6.07 Å². The molecule has 128 valence electrons. The average molecular weight is 380 g/mol. The third-order valence-corrected chi connectivity index (χ3v) is 3.87. The minimum absolute atomic E-state index is 0.0594. The second kappa shape index (κ2) is 6.74. The van der Waals surface area contributed by atoms with Gasteiger partial charge < -0.3 is 13.9 Å². The molecule has 0 unspecified atom stereocenters. The van der Waals surface area contributed by atoms with E-state index in [4.69, 9.17) is 37.1 Å². The predicted octanol–water partition coefficient (Wildman–Crippen LogP) is 4.10. The molecule has 25 heavy (non-hydrogen) atoms. The van der Waals surface area contributed by atoms with E-state index in [0.717, 1.165) is 0 Å². The zero-order valence-corrected chi connectivity index (χ0v) is 14.6. The Morgan fingerprint density at radius 2 is 1.84 bits per heavy atom. The zero-order chi connectivity index (χ0) is 18.1. The van der Waals surface area contributed by atoms with Crippen LogP contribution in [0.25, 0.3) is 22.4 Å². The van der Waals surface area contributed by atoms with E-state index < -0.39 is 11.6 Å². The molecule has 0 spiro atoms. The van der Waals surface area contributed by atoms with Crippen molar-refractivity contribution in [1.82, 2.24) is 4.98 Å². The number of methoxy groups -OCH3 is 1. The first-order chi connectivity index (χ1) is 11.9. The maximum Gasteiger partial charge on any atom is 0.347 e. The van der Waals surface area contributed by atoms with Crippen molar-refractivity contribution in [3.63, 3.8) is 0 Å². The van der Waals surface area contributed by atoms with E-state index >= 15 is 0 Å². The van der Waals surface area contributed by atoms with Gasteiger partial charge in [-0.3, -0.25) is 4.79 Å². The van der Waals surface area contributed by atoms with E-state index in [1.165, 1.54) is 38.3 Å². The van der Waals surface area contributed by atoms with Gasteiger partial charge in [-0.1, -0.05) is 23.2 Å². The third-order valence-electron chi connectivity index (χ3n) is 3.31. The van der Waals surface area contributed by atoms with Gasteiger partial charge in [0.2, 0.25) is 5.89 Å². The van der Waals surface area contributed by atoms with Gasteiger partial charge in [-0.25, -0.2) is 9.78 Å². The molecule has 3 rings (SSSR count). The van der Waals surface area contributed by atoms with Gasteiger partial charge in [0.25, 0.3) is 0 Å². The molecule has 0 aliphatic rings. The van der Waals surface area contributed by atoms with Gasteiger partial charge in [-0.2, -0.15) is 0 Å². The van der Waals surface area contributed by atoms with Gasteiger partial charge >= 0.3 is 11.6 Å². The van der Waals surface area contributed by atoms with Crippen LogP contribution in [-0.2, 0) is 4.79 Å². The Morgan fingerprint density at radius 1 is 1.16 bits per heavy atom. The summed E-state index contributed by atoms with van der Waals surface area (Å²) in [6.07, 6.45) is 0. The summed E-state index contributed by atoms with van der Waals surface area (Å²) in [5.74, 6) is 0.124. The highest BCUT2D eigenvalue weighted by atomic mass is 35.5. The highest BCUT2D eigenvalue weighted by Gasteiger charge is 2.15. The number of ether oxygens (including phenoxy) is 2. The van der Waals surface area contributed by atoms with Crippen LogP contribution < -0.4 is 15.1 Å². The quantitative estimate of drug-likeness (QED) is 0.503. The van der Waals surface area contributed by atoms with Gasteiger partial charge in [-0.15, -0.1) is 0 Å². The lowest BCUT2D eigenvalue weighted by Crippen LogP contribution is -2.05. The Hall–Kier alpha value is -2.57. The van der Waals surface area contributed by atoms with Gasteiger partial charge in [-0.05, 0) is 30.3 Å². The molecule has 0 saturated heterocycles.